The lowest BCUT2D eigenvalue weighted by molar-refractivity contribution is -0.660. The highest BCUT2D eigenvalue weighted by Gasteiger charge is 2.41. The van der Waals surface area contributed by atoms with Gasteiger partial charge in [0.15, 0.2) is 6.20 Å². The molecule has 1 heterocycles. The fraction of sp³-hybridized carbons (Fsp3) is 0.162. The van der Waals surface area contributed by atoms with Crippen molar-refractivity contribution >= 4 is 12.2 Å². The molecule has 9 rings (SSSR count). The van der Waals surface area contributed by atoms with Crippen LogP contribution in [-0.2, 0) is 7.05 Å². The van der Waals surface area contributed by atoms with Crippen LogP contribution in [0.2, 0.25) is 0 Å². The summed E-state index contributed by atoms with van der Waals surface area (Å²) in [5.74, 6) is 0.600. The van der Waals surface area contributed by atoms with Gasteiger partial charge in [0.05, 0.1) is 0 Å². The summed E-state index contributed by atoms with van der Waals surface area (Å²) in [5, 5.41) is 2.81. The average Bonchev–Trinajstić information content (AvgIpc) is 3.39. The zero-order chi connectivity index (χ0) is 25.5. The predicted octanol–water partition coefficient (Wildman–Crippen LogP) is 6.41. The lowest BCUT2D eigenvalue weighted by atomic mass is 9.60. The van der Waals surface area contributed by atoms with Gasteiger partial charge < -0.3 is 0 Å². The second kappa shape index (κ2) is 7.88. The average molecular weight is 489 g/mol. The van der Waals surface area contributed by atoms with Crippen LogP contribution in [0.5, 0.6) is 0 Å². The molecule has 5 aromatic rings. The van der Waals surface area contributed by atoms with Crippen LogP contribution < -0.4 is 15.0 Å². The summed E-state index contributed by atoms with van der Waals surface area (Å²) >= 11 is 0. The van der Waals surface area contributed by atoms with Crippen molar-refractivity contribution in [2.45, 2.75) is 32.1 Å². The third-order valence-corrected chi connectivity index (χ3v) is 9.12. The number of hydrogen-bond donors (Lipinski definition) is 0. The Morgan fingerprint density at radius 2 is 1.18 bits per heavy atom. The van der Waals surface area contributed by atoms with E-state index >= 15 is 0 Å². The molecule has 2 bridgehead atoms. The SMILES string of the molecule is Cc1c[n+](C)c(-c2ccccc2C)cc1-c1ccc2c(c1)C1c3ccccc3C2c2cc3c(cc21)=CCC=3. The van der Waals surface area contributed by atoms with Gasteiger partial charge in [0, 0.05) is 29.0 Å². The van der Waals surface area contributed by atoms with Crippen LogP contribution in [0.1, 0.15) is 62.8 Å². The van der Waals surface area contributed by atoms with Gasteiger partial charge in [-0.15, -0.1) is 0 Å². The fourth-order valence-corrected chi connectivity index (χ4v) is 7.35. The zero-order valence-corrected chi connectivity index (χ0v) is 22.1. The van der Waals surface area contributed by atoms with E-state index in [1.54, 1.807) is 0 Å². The first-order valence-electron chi connectivity index (χ1n) is 13.7. The smallest absolute Gasteiger partial charge is 0.201 e. The van der Waals surface area contributed by atoms with Gasteiger partial charge >= 0.3 is 0 Å². The summed E-state index contributed by atoms with van der Waals surface area (Å²) in [6.45, 7) is 4.44. The van der Waals surface area contributed by atoms with Crippen LogP contribution in [0.25, 0.3) is 34.5 Å². The minimum absolute atomic E-state index is 0.288. The van der Waals surface area contributed by atoms with E-state index in [1.807, 2.05) is 0 Å². The Kier molecular flexibility index (Phi) is 4.53. The molecule has 0 fully saturated rings. The number of rotatable bonds is 2. The van der Waals surface area contributed by atoms with E-state index in [0.717, 1.165) is 6.42 Å². The minimum Gasteiger partial charge on any atom is -0.201 e. The summed E-state index contributed by atoms with van der Waals surface area (Å²) in [4.78, 5) is 0. The maximum absolute atomic E-state index is 2.50. The van der Waals surface area contributed by atoms with E-state index in [1.165, 1.54) is 77.3 Å². The first kappa shape index (κ1) is 21.8. The fourth-order valence-electron chi connectivity index (χ4n) is 7.35. The summed E-state index contributed by atoms with van der Waals surface area (Å²) in [6.07, 6.45) is 8.08. The van der Waals surface area contributed by atoms with Crippen LogP contribution in [0.15, 0.2) is 91.1 Å². The Morgan fingerprint density at radius 3 is 1.89 bits per heavy atom. The van der Waals surface area contributed by atoms with Gasteiger partial charge in [0.1, 0.15) is 7.05 Å². The van der Waals surface area contributed by atoms with Crippen molar-refractivity contribution in [2.24, 2.45) is 7.05 Å². The van der Waals surface area contributed by atoms with Gasteiger partial charge in [0.2, 0.25) is 5.69 Å². The molecule has 0 N–H and O–H groups in total. The number of fused-ring (bicyclic) bond motifs is 1. The molecule has 1 heteroatoms. The van der Waals surface area contributed by atoms with Crippen LogP contribution in [0, 0.1) is 13.8 Å². The lowest BCUT2D eigenvalue weighted by Gasteiger charge is -2.42. The molecule has 1 aromatic heterocycles. The molecule has 0 saturated carbocycles. The van der Waals surface area contributed by atoms with Crippen LogP contribution in [0.4, 0.5) is 0 Å². The summed E-state index contributed by atoms with van der Waals surface area (Å²) < 4.78 is 2.27. The number of aromatic nitrogens is 1. The standard InChI is InChI=1S/C37H30N/c1-22-9-4-5-12-27(22)35-20-31(23(2)21-38(35)3)26-15-16-30-32(19-26)37-29-14-7-6-13-28(29)36(30)33-17-24-10-8-11-25(24)18-34(33)37/h4-7,9-21,36-37H,8H2,1-3H3/q+1. The highest BCUT2D eigenvalue weighted by molar-refractivity contribution is 5.76. The van der Waals surface area contributed by atoms with E-state index in [9.17, 15) is 0 Å². The van der Waals surface area contributed by atoms with Crippen molar-refractivity contribution < 1.29 is 4.57 Å². The van der Waals surface area contributed by atoms with Gasteiger partial charge in [-0.05, 0) is 92.9 Å². The number of hydrogen-bond acceptors (Lipinski definition) is 0. The first-order valence-corrected chi connectivity index (χ1v) is 13.7. The second-order valence-corrected chi connectivity index (χ2v) is 11.3. The summed E-state index contributed by atoms with van der Waals surface area (Å²) in [6, 6.07) is 32.5. The van der Waals surface area contributed by atoms with Crippen molar-refractivity contribution in [3.63, 3.8) is 0 Å². The van der Waals surface area contributed by atoms with E-state index in [-0.39, 0.29) is 5.92 Å². The van der Waals surface area contributed by atoms with Crippen molar-refractivity contribution in [3.05, 3.63) is 146 Å². The molecule has 182 valence electrons. The topological polar surface area (TPSA) is 3.88 Å². The number of aryl methyl sites for hydroxylation is 3. The highest BCUT2D eigenvalue weighted by atomic mass is 14.9. The first-order chi connectivity index (χ1) is 18.6. The Hall–Kier alpha value is -4.23. The van der Waals surface area contributed by atoms with Gasteiger partial charge in [-0.1, -0.05) is 78.9 Å². The molecule has 0 amide bonds. The van der Waals surface area contributed by atoms with E-state index in [2.05, 4.69) is 129 Å². The van der Waals surface area contributed by atoms with Gasteiger partial charge in [0.25, 0.3) is 0 Å². The Balaban J connectivity index is 1.34. The molecular formula is C37H30N+. The maximum atomic E-state index is 2.50. The van der Waals surface area contributed by atoms with Crippen molar-refractivity contribution in [3.8, 4) is 22.4 Å². The summed E-state index contributed by atoms with van der Waals surface area (Å²) in [5.41, 5.74) is 16.7. The van der Waals surface area contributed by atoms with Gasteiger partial charge in [-0.25, -0.2) is 4.57 Å². The van der Waals surface area contributed by atoms with Crippen LogP contribution in [0.3, 0.4) is 0 Å². The maximum Gasteiger partial charge on any atom is 0.213 e. The molecule has 0 spiro atoms. The molecule has 2 unspecified atom stereocenters. The Bertz CT molecular complexity index is 1940. The highest BCUT2D eigenvalue weighted by Crippen LogP contribution is 2.55. The number of pyridine rings is 1. The molecular weight excluding hydrogens is 458 g/mol. The summed E-state index contributed by atoms with van der Waals surface area (Å²) in [7, 11) is 2.16. The van der Waals surface area contributed by atoms with Crippen molar-refractivity contribution in [2.75, 3.05) is 0 Å². The molecule has 4 aliphatic carbocycles. The molecule has 1 nitrogen and oxygen atoms in total. The molecule has 38 heavy (non-hydrogen) atoms. The third kappa shape index (κ3) is 2.96. The third-order valence-electron chi connectivity index (χ3n) is 9.12. The normalized spacial score (nSPS) is 17.7. The zero-order valence-electron chi connectivity index (χ0n) is 22.1. The second-order valence-electron chi connectivity index (χ2n) is 11.3. The molecule has 0 saturated heterocycles. The molecule has 4 aliphatic rings. The van der Waals surface area contributed by atoms with E-state index < -0.39 is 0 Å². The lowest BCUT2D eigenvalue weighted by Crippen LogP contribution is -2.33. The predicted molar refractivity (Wildman–Crippen MR) is 156 cm³/mol. The van der Waals surface area contributed by atoms with E-state index in [0.29, 0.717) is 5.92 Å². The molecule has 4 aromatic carbocycles. The molecule has 2 atom stereocenters. The Morgan fingerprint density at radius 1 is 0.579 bits per heavy atom. The van der Waals surface area contributed by atoms with Crippen LogP contribution in [-0.4, -0.2) is 0 Å². The van der Waals surface area contributed by atoms with E-state index in [4.69, 9.17) is 0 Å². The molecule has 0 radical (unpaired) electrons. The monoisotopic (exact) mass is 488 g/mol. The number of benzene rings is 4. The molecule has 0 aliphatic heterocycles. The Labute approximate surface area is 224 Å². The van der Waals surface area contributed by atoms with Gasteiger partial charge in [-0.3, -0.25) is 0 Å². The largest absolute Gasteiger partial charge is 0.213 e. The number of nitrogens with zero attached hydrogens (tertiary/aromatic N) is 1. The van der Waals surface area contributed by atoms with Gasteiger partial charge in [-0.2, -0.15) is 0 Å². The minimum atomic E-state index is 0.288. The van der Waals surface area contributed by atoms with Crippen molar-refractivity contribution in [1.82, 2.24) is 0 Å². The quantitative estimate of drug-likeness (QED) is 0.248. The van der Waals surface area contributed by atoms with Crippen molar-refractivity contribution in [1.29, 1.82) is 0 Å². The van der Waals surface area contributed by atoms with Crippen LogP contribution >= 0.6 is 0 Å².